The maximum Gasteiger partial charge on any atom is 0.323 e. The third-order valence-electron chi connectivity index (χ3n) is 3.44. The summed E-state index contributed by atoms with van der Waals surface area (Å²) >= 11 is 0. The van der Waals surface area contributed by atoms with Crippen LogP contribution in [0.15, 0.2) is 24.3 Å². The Labute approximate surface area is 99.7 Å². The van der Waals surface area contributed by atoms with E-state index in [2.05, 4.69) is 5.32 Å². The van der Waals surface area contributed by atoms with Crippen molar-refractivity contribution in [3.8, 4) is 0 Å². The number of benzene rings is 1. The molecule has 1 aliphatic rings. The van der Waals surface area contributed by atoms with Crippen LogP contribution in [0, 0.1) is 5.82 Å². The molecule has 1 fully saturated rings. The first-order valence-electron chi connectivity index (χ1n) is 5.86. The fourth-order valence-electron chi connectivity index (χ4n) is 2.35. The highest BCUT2D eigenvalue weighted by atomic mass is 19.1. The molecule has 1 aromatic carbocycles. The summed E-state index contributed by atoms with van der Waals surface area (Å²) in [7, 11) is 0. The van der Waals surface area contributed by atoms with E-state index < -0.39 is 11.5 Å². The fraction of sp³-hybridized carbons (Fsp3) is 0.462. The van der Waals surface area contributed by atoms with Crippen molar-refractivity contribution in [2.45, 2.75) is 37.8 Å². The van der Waals surface area contributed by atoms with Gasteiger partial charge in [0.15, 0.2) is 0 Å². The zero-order chi connectivity index (χ0) is 12.3. The molecule has 92 valence electrons. The zero-order valence-corrected chi connectivity index (χ0v) is 9.58. The molecule has 0 amide bonds. The molecule has 1 saturated carbocycles. The third-order valence-corrected chi connectivity index (χ3v) is 3.44. The van der Waals surface area contributed by atoms with Crippen LogP contribution in [0.5, 0.6) is 0 Å². The van der Waals surface area contributed by atoms with Gasteiger partial charge in [-0.2, -0.15) is 0 Å². The summed E-state index contributed by atoms with van der Waals surface area (Å²) in [5.41, 5.74) is -0.345. The second-order valence-corrected chi connectivity index (χ2v) is 4.54. The van der Waals surface area contributed by atoms with E-state index in [1.54, 1.807) is 18.2 Å². The summed E-state index contributed by atoms with van der Waals surface area (Å²) < 4.78 is 13.4. The van der Waals surface area contributed by atoms with Gasteiger partial charge in [-0.05, 0) is 18.9 Å². The van der Waals surface area contributed by atoms with Crippen molar-refractivity contribution in [3.05, 3.63) is 35.6 Å². The molecule has 0 spiro atoms. The van der Waals surface area contributed by atoms with Gasteiger partial charge in [-0.1, -0.05) is 31.0 Å². The van der Waals surface area contributed by atoms with Crippen molar-refractivity contribution in [2.75, 3.05) is 0 Å². The van der Waals surface area contributed by atoms with Gasteiger partial charge in [0.1, 0.15) is 11.4 Å². The van der Waals surface area contributed by atoms with Gasteiger partial charge in [0.05, 0.1) is 0 Å². The molecule has 0 saturated heterocycles. The molecule has 0 atom stereocenters. The Balaban J connectivity index is 2.06. The minimum Gasteiger partial charge on any atom is -0.480 e. The molecule has 4 heteroatoms. The highest BCUT2D eigenvalue weighted by Crippen LogP contribution is 2.30. The maximum absolute atomic E-state index is 13.4. The molecule has 2 N–H and O–H groups in total. The van der Waals surface area contributed by atoms with Crippen LogP contribution in [-0.2, 0) is 11.3 Å². The molecule has 0 unspecified atom stereocenters. The number of carboxylic acids is 1. The fourth-order valence-corrected chi connectivity index (χ4v) is 2.35. The zero-order valence-electron chi connectivity index (χ0n) is 9.58. The molecular formula is C13H16FNO2. The van der Waals surface area contributed by atoms with E-state index in [0.717, 1.165) is 12.8 Å². The lowest BCUT2D eigenvalue weighted by atomic mass is 9.97. The van der Waals surface area contributed by atoms with Gasteiger partial charge < -0.3 is 5.11 Å². The number of aliphatic carboxylic acids is 1. The largest absolute Gasteiger partial charge is 0.480 e. The molecule has 0 aromatic heterocycles. The molecule has 0 bridgehead atoms. The van der Waals surface area contributed by atoms with E-state index in [1.165, 1.54) is 6.07 Å². The first-order chi connectivity index (χ1) is 8.14. The summed E-state index contributed by atoms with van der Waals surface area (Å²) in [5, 5.41) is 12.3. The van der Waals surface area contributed by atoms with E-state index in [0.29, 0.717) is 18.4 Å². The van der Waals surface area contributed by atoms with E-state index in [4.69, 9.17) is 0 Å². The molecular weight excluding hydrogens is 221 g/mol. The molecule has 0 radical (unpaired) electrons. The van der Waals surface area contributed by atoms with Crippen molar-refractivity contribution in [3.63, 3.8) is 0 Å². The van der Waals surface area contributed by atoms with Crippen LogP contribution < -0.4 is 5.32 Å². The smallest absolute Gasteiger partial charge is 0.323 e. The van der Waals surface area contributed by atoms with Crippen molar-refractivity contribution >= 4 is 5.97 Å². The first kappa shape index (κ1) is 12.0. The molecule has 2 rings (SSSR count). The first-order valence-corrected chi connectivity index (χ1v) is 5.86. The number of rotatable bonds is 4. The SMILES string of the molecule is O=C(O)C1(NCc2ccccc2F)CCCC1. The van der Waals surface area contributed by atoms with Crippen molar-refractivity contribution in [1.29, 1.82) is 0 Å². The summed E-state index contributed by atoms with van der Waals surface area (Å²) in [6.07, 6.45) is 3.07. The van der Waals surface area contributed by atoms with Gasteiger partial charge in [0.2, 0.25) is 0 Å². The van der Waals surface area contributed by atoms with Gasteiger partial charge in [-0.25, -0.2) is 4.39 Å². The van der Waals surface area contributed by atoms with Gasteiger partial charge in [-0.3, -0.25) is 10.1 Å². The van der Waals surface area contributed by atoms with E-state index in [-0.39, 0.29) is 12.4 Å². The summed E-state index contributed by atoms with van der Waals surface area (Å²) in [5.74, 6) is -1.12. The Kier molecular flexibility index (Phi) is 3.43. The molecule has 0 aliphatic heterocycles. The Morgan fingerprint density at radius 1 is 1.35 bits per heavy atom. The minimum absolute atomic E-state index is 0.263. The predicted molar refractivity (Wildman–Crippen MR) is 62.1 cm³/mol. The molecule has 1 aromatic rings. The monoisotopic (exact) mass is 237 g/mol. The van der Waals surface area contributed by atoms with Crippen molar-refractivity contribution in [1.82, 2.24) is 5.32 Å². The molecule has 3 nitrogen and oxygen atoms in total. The number of halogens is 1. The lowest BCUT2D eigenvalue weighted by Gasteiger charge is -2.25. The molecule has 0 heterocycles. The van der Waals surface area contributed by atoms with Crippen molar-refractivity contribution in [2.24, 2.45) is 0 Å². The summed E-state index contributed by atoms with van der Waals surface area (Å²) in [4.78, 5) is 11.3. The van der Waals surface area contributed by atoms with E-state index >= 15 is 0 Å². The average Bonchev–Trinajstić information content (AvgIpc) is 2.78. The van der Waals surface area contributed by atoms with E-state index in [9.17, 15) is 14.3 Å². The van der Waals surface area contributed by atoms with E-state index in [1.807, 2.05) is 0 Å². The van der Waals surface area contributed by atoms with Crippen LogP contribution >= 0.6 is 0 Å². The van der Waals surface area contributed by atoms with Crippen LogP contribution in [0.4, 0.5) is 4.39 Å². The maximum atomic E-state index is 13.4. The number of nitrogens with one attached hydrogen (secondary N) is 1. The normalized spacial score (nSPS) is 18.2. The Bertz CT molecular complexity index is 414. The topological polar surface area (TPSA) is 49.3 Å². The highest BCUT2D eigenvalue weighted by molar-refractivity contribution is 5.79. The highest BCUT2D eigenvalue weighted by Gasteiger charge is 2.40. The second kappa shape index (κ2) is 4.84. The van der Waals surface area contributed by atoms with Crippen LogP contribution in [0.3, 0.4) is 0 Å². The Morgan fingerprint density at radius 3 is 2.59 bits per heavy atom. The number of hydrogen-bond acceptors (Lipinski definition) is 2. The van der Waals surface area contributed by atoms with Crippen molar-refractivity contribution < 1.29 is 14.3 Å². The van der Waals surface area contributed by atoms with Gasteiger partial charge in [-0.15, -0.1) is 0 Å². The third kappa shape index (κ3) is 2.47. The van der Waals surface area contributed by atoms with Crippen LogP contribution in [-0.4, -0.2) is 16.6 Å². The lowest BCUT2D eigenvalue weighted by Crippen LogP contribution is -2.49. The molecule has 1 aliphatic carbocycles. The molecule has 17 heavy (non-hydrogen) atoms. The standard InChI is InChI=1S/C13H16FNO2/c14-11-6-2-1-5-10(11)9-15-13(12(16)17)7-3-4-8-13/h1-2,5-6,15H,3-4,7-9H2,(H,16,17). The summed E-state index contributed by atoms with van der Waals surface area (Å²) in [6, 6.07) is 6.44. The lowest BCUT2D eigenvalue weighted by molar-refractivity contribution is -0.144. The Morgan fingerprint density at radius 2 is 2.00 bits per heavy atom. The van der Waals surface area contributed by atoms with Crippen LogP contribution in [0.1, 0.15) is 31.2 Å². The van der Waals surface area contributed by atoms with Crippen LogP contribution in [0.25, 0.3) is 0 Å². The van der Waals surface area contributed by atoms with Gasteiger partial charge in [0.25, 0.3) is 0 Å². The average molecular weight is 237 g/mol. The minimum atomic E-state index is -0.859. The van der Waals surface area contributed by atoms with Crippen LogP contribution in [0.2, 0.25) is 0 Å². The Hall–Kier alpha value is -1.42. The summed E-state index contributed by atoms with van der Waals surface area (Å²) in [6.45, 7) is 0.263. The number of hydrogen-bond donors (Lipinski definition) is 2. The van der Waals surface area contributed by atoms with Gasteiger partial charge in [0, 0.05) is 12.1 Å². The quantitative estimate of drug-likeness (QED) is 0.844. The number of carbonyl (C=O) groups is 1. The number of carboxylic acid groups (broad SMARTS) is 1. The van der Waals surface area contributed by atoms with Gasteiger partial charge >= 0.3 is 5.97 Å². The predicted octanol–water partition coefficient (Wildman–Crippen LogP) is 2.31. The second-order valence-electron chi connectivity index (χ2n) is 4.54.